The first-order valence-electron chi connectivity index (χ1n) is 10.6. The van der Waals surface area contributed by atoms with Crippen molar-refractivity contribution in [2.24, 2.45) is 5.73 Å². The summed E-state index contributed by atoms with van der Waals surface area (Å²) in [5, 5.41) is 6.30. The highest BCUT2D eigenvalue weighted by Gasteiger charge is 2.24. The summed E-state index contributed by atoms with van der Waals surface area (Å²) < 4.78 is 0. The fourth-order valence-electron chi connectivity index (χ4n) is 3.87. The van der Waals surface area contributed by atoms with Crippen LogP contribution in [0.5, 0.6) is 0 Å². The first-order valence-corrected chi connectivity index (χ1v) is 11.5. The predicted octanol–water partition coefficient (Wildman–Crippen LogP) is 3.95. The Morgan fingerprint density at radius 1 is 1.10 bits per heavy atom. The zero-order valence-corrected chi connectivity index (χ0v) is 18.9. The molecule has 1 saturated carbocycles. The molecular formula is C23H30N4O3S. The summed E-state index contributed by atoms with van der Waals surface area (Å²) in [7, 11) is 0. The third kappa shape index (κ3) is 6.07. The number of nitrogens with one attached hydrogen (secondary N) is 2. The van der Waals surface area contributed by atoms with Crippen molar-refractivity contribution in [2.45, 2.75) is 58.5 Å². The van der Waals surface area contributed by atoms with Gasteiger partial charge in [0.2, 0.25) is 5.91 Å². The minimum absolute atomic E-state index is 0.123. The van der Waals surface area contributed by atoms with Gasteiger partial charge in [-0.1, -0.05) is 49.6 Å². The zero-order valence-electron chi connectivity index (χ0n) is 18.1. The Bertz CT molecular complexity index is 936. The summed E-state index contributed by atoms with van der Waals surface area (Å²) in [6.07, 6.45) is 5.35. The molecule has 4 N–H and O–H groups in total. The molecule has 1 aliphatic carbocycles. The molecule has 1 aromatic carbocycles. The summed E-state index contributed by atoms with van der Waals surface area (Å²) in [4.78, 5) is 40.1. The summed E-state index contributed by atoms with van der Waals surface area (Å²) in [5.74, 6) is -0.938. The van der Waals surface area contributed by atoms with E-state index in [1.165, 1.54) is 22.7 Å². The van der Waals surface area contributed by atoms with Gasteiger partial charge in [-0.3, -0.25) is 9.59 Å². The van der Waals surface area contributed by atoms with Crippen molar-refractivity contribution >= 4 is 34.2 Å². The quantitative estimate of drug-likeness (QED) is 0.605. The highest BCUT2D eigenvalue weighted by atomic mass is 32.1. The van der Waals surface area contributed by atoms with Gasteiger partial charge < -0.3 is 21.3 Å². The van der Waals surface area contributed by atoms with Gasteiger partial charge >= 0.3 is 6.03 Å². The second-order valence-corrected chi connectivity index (χ2v) is 9.25. The number of thiophene rings is 1. The van der Waals surface area contributed by atoms with Crippen molar-refractivity contribution in [1.29, 1.82) is 0 Å². The molecule has 0 spiro atoms. The number of amides is 4. The molecule has 166 valence electrons. The van der Waals surface area contributed by atoms with Gasteiger partial charge in [0, 0.05) is 17.5 Å². The molecular weight excluding hydrogens is 412 g/mol. The van der Waals surface area contributed by atoms with Crippen molar-refractivity contribution in [3.8, 4) is 0 Å². The van der Waals surface area contributed by atoms with Gasteiger partial charge in [-0.25, -0.2) is 4.79 Å². The topological polar surface area (TPSA) is 105 Å². The third-order valence-corrected chi connectivity index (χ3v) is 6.78. The predicted molar refractivity (Wildman–Crippen MR) is 123 cm³/mol. The van der Waals surface area contributed by atoms with Gasteiger partial charge in [-0.05, 0) is 37.8 Å². The Hall–Kier alpha value is -2.87. The van der Waals surface area contributed by atoms with Crippen LogP contribution in [-0.4, -0.2) is 35.3 Å². The standard InChI is InChI=1S/C23H30N4O3S/c1-15-16(2)31-22(20(15)21(24)29)26-19(28)14-27(13-17-9-5-3-6-10-17)23(30)25-18-11-7-4-8-12-18/h3,5-6,9-10,18H,4,7-8,11-14H2,1-2H3,(H2,24,29)(H,25,30)(H,26,28). The molecule has 8 heteroatoms. The van der Waals surface area contributed by atoms with Crippen LogP contribution >= 0.6 is 11.3 Å². The monoisotopic (exact) mass is 442 g/mol. The Morgan fingerprint density at radius 3 is 2.42 bits per heavy atom. The van der Waals surface area contributed by atoms with E-state index in [0.717, 1.165) is 41.7 Å². The molecule has 0 unspecified atom stereocenters. The van der Waals surface area contributed by atoms with E-state index in [1.54, 1.807) is 6.92 Å². The molecule has 4 amide bonds. The maximum absolute atomic E-state index is 13.0. The van der Waals surface area contributed by atoms with Crippen LogP contribution in [-0.2, 0) is 11.3 Å². The number of benzene rings is 1. The van der Waals surface area contributed by atoms with Crippen molar-refractivity contribution in [1.82, 2.24) is 10.2 Å². The molecule has 1 heterocycles. The lowest BCUT2D eigenvalue weighted by atomic mass is 9.96. The number of rotatable bonds is 7. The smallest absolute Gasteiger partial charge is 0.318 e. The molecule has 2 aromatic rings. The van der Waals surface area contributed by atoms with Crippen LogP contribution in [0.3, 0.4) is 0 Å². The van der Waals surface area contributed by atoms with E-state index in [1.807, 2.05) is 37.3 Å². The molecule has 31 heavy (non-hydrogen) atoms. The summed E-state index contributed by atoms with van der Waals surface area (Å²) in [5.41, 5.74) is 7.54. The van der Waals surface area contributed by atoms with E-state index in [2.05, 4.69) is 10.6 Å². The fourth-order valence-corrected chi connectivity index (χ4v) is 4.95. The molecule has 0 aliphatic heterocycles. The fraction of sp³-hybridized carbons (Fsp3) is 0.435. The van der Waals surface area contributed by atoms with Gasteiger partial charge in [-0.15, -0.1) is 11.3 Å². The van der Waals surface area contributed by atoms with Crippen LogP contribution in [0, 0.1) is 13.8 Å². The number of primary amides is 1. The number of aryl methyl sites for hydroxylation is 1. The van der Waals surface area contributed by atoms with Crippen molar-refractivity contribution in [3.05, 3.63) is 51.9 Å². The Morgan fingerprint density at radius 2 is 1.77 bits per heavy atom. The largest absolute Gasteiger partial charge is 0.365 e. The molecule has 3 rings (SSSR count). The first kappa shape index (κ1) is 22.8. The number of hydrogen-bond donors (Lipinski definition) is 3. The maximum Gasteiger partial charge on any atom is 0.318 e. The second kappa shape index (κ2) is 10.4. The lowest BCUT2D eigenvalue weighted by Gasteiger charge is -2.28. The number of urea groups is 1. The lowest BCUT2D eigenvalue weighted by Crippen LogP contribution is -2.47. The van der Waals surface area contributed by atoms with E-state index in [4.69, 9.17) is 5.73 Å². The van der Waals surface area contributed by atoms with Crippen LogP contribution in [0.25, 0.3) is 0 Å². The summed E-state index contributed by atoms with van der Waals surface area (Å²) in [6, 6.07) is 9.47. The molecule has 1 fully saturated rings. The number of carbonyl (C=O) groups excluding carboxylic acids is 3. The van der Waals surface area contributed by atoms with Gasteiger partial charge in [-0.2, -0.15) is 0 Å². The van der Waals surface area contributed by atoms with E-state index in [0.29, 0.717) is 17.1 Å². The number of carbonyl (C=O) groups is 3. The highest BCUT2D eigenvalue weighted by Crippen LogP contribution is 2.32. The van der Waals surface area contributed by atoms with E-state index < -0.39 is 5.91 Å². The number of nitrogens with two attached hydrogens (primary N) is 1. The van der Waals surface area contributed by atoms with Crippen LogP contribution in [0.4, 0.5) is 9.80 Å². The average molecular weight is 443 g/mol. The third-order valence-electron chi connectivity index (χ3n) is 5.66. The highest BCUT2D eigenvalue weighted by molar-refractivity contribution is 7.16. The minimum atomic E-state index is -0.576. The second-order valence-electron chi connectivity index (χ2n) is 8.03. The van der Waals surface area contributed by atoms with Crippen molar-refractivity contribution in [3.63, 3.8) is 0 Å². The number of nitrogens with zero attached hydrogens (tertiary/aromatic N) is 1. The van der Waals surface area contributed by atoms with Gasteiger partial charge in [0.15, 0.2) is 0 Å². The van der Waals surface area contributed by atoms with Crippen molar-refractivity contribution < 1.29 is 14.4 Å². The van der Waals surface area contributed by atoms with E-state index in [9.17, 15) is 14.4 Å². The minimum Gasteiger partial charge on any atom is -0.365 e. The lowest BCUT2D eigenvalue weighted by molar-refractivity contribution is -0.116. The van der Waals surface area contributed by atoms with Crippen LogP contribution in [0.15, 0.2) is 30.3 Å². The Kier molecular flexibility index (Phi) is 7.68. The molecule has 0 saturated heterocycles. The summed E-state index contributed by atoms with van der Waals surface area (Å²) in [6.45, 7) is 3.88. The van der Waals surface area contributed by atoms with Crippen LogP contribution in [0.1, 0.15) is 58.5 Å². The Balaban J connectivity index is 1.72. The molecule has 1 aromatic heterocycles. The van der Waals surface area contributed by atoms with E-state index >= 15 is 0 Å². The molecule has 1 aliphatic rings. The van der Waals surface area contributed by atoms with Crippen LogP contribution in [0.2, 0.25) is 0 Å². The van der Waals surface area contributed by atoms with Gasteiger partial charge in [0.05, 0.1) is 5.56 Å². The van der Waals surface area contributed by atoms with Gasteiger partial charge in [0.1, 0.15) is 11.5 Å². The first-order chi connectivity index (χ1) is 14.8. The SMILES string of the molecule is Cc1sc(NC(=O)CN(Cc2ccccc2)C(=O)NC2CCCCC2)c(C(N)=O)c1C. The number of anilines is 1. The maximum atomic E-state index is 13.0. The van der Waals surface area contributed by atoms with Crippen LogP contribution < -0.4 is 16.4 Å². The van der Waals surface area contributed by atoms with Gasteiger partial charge in [0.25, 0.3) is 5.91 Å². The zero-order chi connectivity index (χ0) is 22.4. The molecule has 0 bridgehead atoms. The van der Waals surface area contributed by atoms with Crippen molar-refractivity contribution in [2.75, 3.05) is 11.9 Å². The normalized spacial score (nSPS) is 14.1. The average Bonchev–Trinajstić information content (AvgIpc) is 3.02. The Labute approximate surface area is 187 Å². The molecule has 0 radical (unpaired) electrons. The molecule has 7 nitrogen and oxygen atoms in total. The van der Waals surface area contributed by atoms with E-state index in [-0.39, 0.29) is 24.5 Å². The molecule has 0 atom stereocenters. The summed E-state index contributed by atoms with van der Waals surface area (Å²) >= 11 is 1.31. The number of hydrogen-bond acceptors (Lipinski definition) is 4.